The Morgan fingerprint density at radius 1 is 1.56 bits per heavy atom. The molecule has 7 heteroatoms. The van der Waals surface area contributed by atoms with Gasteiger partial charge in [0.2, 0.25) is 4.77 Å². The van der Waals surface area contributed by atoms with Crippen LogP contribution in [0, 0.1) is 4.77 Å². The van der Waals surface area contributed by atoms with E-state index in [1.165, 1.54) is 4.68 Å². The minimum Gasteiger partial charge on any atom is -0.480 e. The van der Waals surface area contributed by atoms with Crippen LogP contribution in [0.1, 0.15) is 45.1 Å². The van der Waals surface area contributed by atoms with Crippen LogP contribution in [-0.2, 0) is 4.79 Å². The number of aromatic nitrogens is 4. The number of hydrogen-bond acceptors (Lipinski definition) is 4. The number of tetrazole rings is 1. The quantitative estimate of drug-likeness (QED) is 0.565. The molecule has 2 N–H and O–H groups in total. The molecule has 0 saturated heterocycles. The molecule has 90 valence electrons. The van der Waals surface area contributed by atoms with Gasteiger partial charge in [0, 0.05) is 0 Å². The smallest absolute Gasteiger partial charge is 0.328 e. The number of carboxylic acid groups (broad SMARTS) is 1. The molecule has 0 aromatic carbocycles. The molecule has 1 aromatic rings. The Kier molecular flexibility index (Phi) is 5.10. The van der Waals surface area contributed by atoms with Crippen LogP contribution in [0.15, 0.2) is 0 Å². The van der Waals surface area contributed by atoms with E-state index in [0.29, 0.717) is 6.42 Å². The lowest BCUT2D eigenvalue weighted by molar-refractivity contribution is -0.141. The minimum absolute atomic E-state index is 0.183. The maximum Gasteiger partial charge on any atom is 0.328 e. The van der Waals surface area contributed by atoms with E-state index in [-0.39, 0.29) is 4.77 Å². The summed E-state index contributed by atoms with van der Waals surface area (Å²) in [6, 6.07) is -0.681. The normalized spacial score (nSPS) is 12.6. The number of aliphatic carboxylic acids is 1. The van der Waals surface area contributed by atoms with Gasteiger partial charge in [-0.25, -0.2) is 9.48 Å². The van der Waals surface area contributed by atoms with Gasteiger partial charge in [-0.2, -0.15) is 5.21 Å². The number of nitrogens with one attached hydrogen (secondary N) is 1. The summed E-state index contributed by atoms with van der Waals surface area (Å²) in [6.45, 7) is 2.11. The summed E-state index contributed by atoms with van der Waals surface area (Å²) in [6.07, 6.45) is 4.70. The standard InChI is InChI=1S/C9H16N4O2S/c1-2-3-4-5-6-7(8(14)15)13-9(16)10-11-12-13/h7H,2-6H2,1H3,(H,14,15)(H,10,12,16). The van der Waals surface area contributed by atoms with Crippen LogP contribution in [0.4, 0.5) is 0 Å². The van der Waals surface area contributed by atoms with Gasteiger partial charge in [-0.15, -0.1) is 0 Å². The Morgan fingerprint density at radius 3 is 2.81 bits per heavy atom. The molecular weight excluding hydrogens is 228 g/mol. The third-order valence-electron chi connectivity index (χ3n) is 2.42. The van der Waals surface area contributed by atoms with Crippen LogP contribution in [0.5, 0.6) is 0 Å². The molecule has 0 aliphatic rings. The zero-order valence-electron chi connectivity index (χ0n) is 9.22. The lowest BCUT2D eigenvalue weighted by atomic mass is 10.1. The van der Waals surface area contributed by atoms with Crippen molar-refractivity contribution in [3.63, 3.8) is 0 Å². The van der Waals surface area contributed by atoms with Crippen LogP contribution in [0.25, 0.3) is 0 Å². The highest BCUT2D eigenvalue weighted by Gasteiger charge is 2.20. The van der Waals surface area contributed by atoms with E-state index in [0.717, 1.165) is 25.7 Å². The zero-order valence-corrected chi connectivity index (χ0v) is 10.0. The van der Waals surface area contributed by atoms with Gasteiger partial charge in [-0.05, 0) is 18.6 Å². The lowest BCUT2D eigenvalue weighted by Crippen LogP contribution is -2.20. The van der Waals surface area contributed by atoms with E-state index in [4.69, 9.17) is 17.3 Å². The first kappa shape index (κ1) is 12.8. The summed E-state index contributed by atoms with van der Waals surface area (Å²) >= 11 is 4.88. The number of H-pyrrole nitrogens is 1. The molecule has 0 radical (unpaired) electrons. The Bertz CT molecular complexity index is 387. The van der Waals surface area contributed by atoms with Crippen LogP contribution >= 0.6 is 12.2 Å². The number of aromatic amines is 1. The molecule has 1 rings (SSSR count). The van der Waals surface area contributed by atoms with E-state index >= 15 is 0 Å². The minimum atomic E-state index is -0.904. The Morgan fingerprint density at radius 2 is 2.31 bits per heavy atom. The highest BCUT2D eigenvalue weighted by molar-refractivity contribution is 7.71. The maximum atomic E-state index is 11.1. The zero-order chi connectivity index (χ0) is 12.0. The molecule has 0 saturated carbocycles. The first-order chi connectivity index (χ1) is 7.66. The van der Waals surface area contributed by atoms with Crippen molar-refractivity contribution in [3.05, 3.63) is 4.77 Å². The topological polar surface area (TPSA) is 83.8 Å². The molecule has 16 heavy (non-hydrogen) atoms. The molecule has 0 aliphatic heterocycles. The van der Waals surface area contributed by atoms with Gasteiger partial charge < -0.3 is 5.11 Å². The van der Waals surface area contributed by atoms with Crippen molar-refractivity contribution in [3.8, 4) is 0 Å². The van der Waals surface area contributed by atoms with Crippen LogP contribution in [-0.4, -0.2) is 31.3 Å². The van der Waals surface area contributed by atoms with Gasteiger partial charge in [-0.1, -0.05) is 42.9 Å². The highest BCUT2D eigenvalue weighted by Crippen LogP contribution is 2.15. The molecule has 1 aromatic heterocycles. The third kappa shape index (κ3) is 3.41. The van der Waals surface area contributed by atoms with Crippen molar-refractivity contribution >= 4 is 18.2 Å². The predicted octanol–water partition coefficient (Wildman–Crippen LogP) is 1.93. The Balaban J connectivity index is 2.59. The van der Waals surface area contributed by atoms with Crippen molar-refractivity contribution in [1.29, 1.82) is 0 Å². The van der Waals surface area contributed by atoms with Crippen LogP contribution in [0.2, 0.25) is 0 Å². The second kappa shape index (κ2) is 6.37. The van der Waals surface area contributed by atoms with Gasteiger partial charge >= 0.3 is 5.97 Å². The van der Waals surface area contributed by atoms with Crippen molar-refractivity contribution in [1.82, 2.24) is 20.2 Å². The highest BCUT2D eigenvalue weighted by atomic mass is 32.1. The number of unbranched alkanes of at least 4 members (excludes halogenated alkanes) is 3. The first-order valence-corrected chi connectivity index (χ1v) is 5.80. The fraction of sp³-hybridized carbons (Fsp3) is 0.778. The molecule has 0 bridgehead atoms. The molecule has 0 amide bonds. The van der Waals surface area contributed by atoms with Crippen molar-refractivity contribution in [2.45, 2.75) is 45.1 Å². The van der Waals surface area contributed by atoms with Gasteiger partial charge in [0.25, 0.3) is 0 Å². The van der Waals surface area contributed by atoms with Crippen LogP contribution < -0.4 is 0 Å². The van der Waals surface area contributed by atoms with Gasteiger partial charge in [0.1, 0.15) is 0 Å². The number of rotatable bonds is 7. The number of carbonyl (C=O) groups is 1. The van der Waals surface area contributed by atoms with E-state index in [9.17, 15) is 4.79 Å². The monoisotopic (exact) mass is 244 g/mol. The predicted molar refractivity (Wildman–Crippen MR) is 60.6 cm³/mol. The first-order valence-electron chi connectivity index (χ1n) is 5.39. The Labute approximate surface area is 98.6 Å². The fourth-order valence-electron chi connectivity index (χ4n) is 1.53. The van der Waals surface area contributed by atoms with Gasteiger partial charge in [-0.3, -0.25) is 0 Å². The molecule has 1 heterocycles. The van der Waals surface area contributed by atoms with Crippen molar-refractivity contribution in [2.24, 2.45) is 0 Å². The van der Waals surface area contributed by atoms with E-state index in [2.05, 4.69) is 22.4 Å². The number of hydrogen-bond donors (Lipinski definition) is 2. The van der Waals surface area contributed by atoms with E-state index in [1.807, 2.05) is 0 Å². The lowest BCUT2D eigenvalue weighted by Gasteiger charge is -2.11. The molecular formula is C9H16N4O2S. The summed E-state index contributed by atoms with van der Waals surface area (Å²) in [4.78, 5) is 11.1. The van der Waals surface area contributed by atoms with Crippen molar-refractivity contribution < 1.29 is 9.90 Å². The summed E-state index contributed by atoms with van der Waals surface area (Å²) < 4.78 is 1.51. The second-order valence-corrected chi connectivity index (χ2v) is 4.02. The number of nitrogens with zero attached hydrogens (tertiary/aromatic N) is 3. The number of carboxylic acids is 1. The van der Waals surface area contributed by atoms with E-state index < -0.39 is 12.0 Å². The third-order valence-corrected chi connectivity index (χ3v) is 2.70. The second-order valence-electron chi connectivity index (χ2n) is 3.66. The average molecular weight is 244 g/mol. The molecule has 0 fully saturated rings. The summed E-state index contributed by atoms with van der Waals surface area (Å²) in [7, 11) is 0. The van der Waals surface area contributed by atoms with Crippen LogP contribution in [0.3, 0.4) is 0 Å². The molecule has 1 atom stereocenters. The molecule has 6 nitrogen and oxygen atoms in total. The Hall–Kier alpha value is -1.24. The molecule has 0 spiro atoms. The SMILES string of the molecule is CCCCCCC(C(=O)O)n1[nH]nnc1=S. The molecule has 1 unspecified atom stereocenters. The van der Waals surface area contributed by atoms with Gasteiger partial charge in [0.15, 0.2) is 6.04 Å². The summed E-state index contributed by atoms with van der Waals surface area (Å²) in [5.74, 6) is -0.904. The van der Waals surface area contributed by atoms with Gasteiger partial charge in [0.05, 0.1) is 0 Å². The largest absolute Gasteiger partial charge is 0.480 e. The van der Waals surface area contributed by atoms with E-state index in [1.54, 1.807) is 0 Å². The summed E-state index contributed by atoms with van der Waals surface area (Å²) in [5.41, 5.74) is 0. The fourth-order valence-corrected chi connectivity index (χ4v) is 1.74. The maximum absolute atomic E-state index is 11.1. The van der Waals surface area contributed by atoms with Crippen molar-refractivity contribution in [2.75, 3.05) is 0 Å². The summed E-state index contributed by atoms with van der Waals surface area (Å²) in [5, 5.41) is 18.6. The average Bonchev–Trinajstić information content (AvgIpc) is 2.64. The molecule has 0 aliphatic carbocycles.